The van der Waals surface area contributed by atoms with Gasteiger partial charge in [-0.1, -0.05) is 17.9 Å². The third-order valence-corrected chi connectivity index (χ3v) is 5.13. The summed E-state index contributed by atoms with van der Waals surface area (Å²) in [4.78, 5) is 8.17. The minimum atomic E-state index is 0.739. The highest BCUT2D eigenvalue weighted by Crippen LogP contribution is 2.32. The number of rotatable bonds is 3. The van der Waals surface area contributed by atoms with Crippen molar-refractivity contribution in [2.24, 2.45) is 0 Å². The fraction of sp³-hybridized carbons (Fsp3) is 0.130. The Morgan fingerprint density at radius 1 is 1.07 bits per heavy atom. The highest BCUT2D eigenvalue weighted by Gasteiger charge is 2.16. The third kappa shape index (κ3) is 3.34. The van der Waals surface area contributed by atoms with Gasteiger partial charge in [0.2, 0.25) is 0 Å². The molecule has 6 nitrogen and oxygen atoms in total. The van der Waals surface area contributed by atoms with Gasteiger partial charge in [-0.2, -0.15) is 0 Å². The van der Waals surface area contributed by atoms with E-state index in [1.54, 1.807) is 18.7 Å². The molecule has 0 saturated carbocycles. The van der Waals surface area contributed by atoms with Crippen LogP contribution in [0.5, 0.6) is 0 Å². The summed E-state index contributed by atoms with van der Waals surface area (Å²) in [5.74, 6) is 6.52. The molecule has 1 aliphatic rings. The Hall–Kier alpha value is -3.98. The molecule has 0 spiro atoms. The van der Waals surface area contributed by atoms with Gasteiger partial charge in [0, 0.05) is 66.2 Å². The number of benzene rings is 2. The van der Waals surface area contributed by atoms with Crippen molar-refractivity contribution < 1.29 is 0 Å². The number of nitrogens with two attached hydrogens (primary N) is 1. The standard InChI is InChI=1S/C23H20N6/c24-23-21-5-4-18(3-1-2-9-27-11-7-25-16-27)13-19(21)14-20-15-28(10-6-22(20)23)29-12-8-26-17-29/h4-8,10-14,16-17H,2,9,15,24H2. The van der Waals surface area contributed by atoms with Crippen molar-refractivity contribution in [1.82, 2.24) is 19.2 Å². The monoisotopic (exact) mass is 380 g/mol. The van der Waals surface area contributed by atoms with Crippen LogP contribution in [0.2, 0.25) is 0 Å². The molecular formula is C23H20N6. The maximum Gasteiger partial charge on any atom is 0.114 e. The van der Waals surface area contributed by atoms with Crippen molar-refractivity contribution in [3.8, 4) is 11.8 Å². The number of hydrogen-bond acceptors (Lipinski definition) is 4. The van der Waals surface area contributed by atoms with Gasteiger partial charge >= 0.3 is 0 Å². The summed E-state index contributed by atoms with van der Waals surface area (Å²) >= 11 is 0. The number of aromatic nitrogens is 4. The van der Waals surface area contributed by atoms with Gasteiger partial charge in [-0.05, 0) is 35.2 Å². The van der Waals surface area contributed by atoms with E-state index in [4.69, 9.17) is 5.73 Å². The number of anilines is 1. The van der Waals surface area contributed by atoms with E-state index in [1.807, 2.05) is 40.2 Å². The van der Waals surface area contributed by atoms with Crippen LogP contribution < -0.4 is 10.7 Å². The molecular weight excluding hydrogens is 360 g/mol. The lowest BCUT2D eigenvalue weighted by atomic mass is 9.95. The van der Waals surface area contributed by atoms with Crippen molar-refractivity contribution >= 4 is 22.5 Å². The van der Waals surface area contributed by atoms with E-state index in [2.05, 4.69) is 51.1 Å². The number of aryl methyl sites for hydroxylation is 1. The summed E-state index contributed by atoms with van der Waals surface area (Å²) in [7, 11) is 0. The topological polar surface area (TPSA) is 64.9 Å². The SMILES string of the molecule is Nc1c2c(cc3cc(C#CCCn4ccnc4)ccc13)CN(n1ccnc1)C=C2. The Morgan fingerprint density at radius 3 is 2.79 bits per heavy atom. The van der Waals surface area contributed by atoms with Crippen LogP contribution in [-0.2, 0) is 13.1 Å². The van der Waals surface area contributed by atoms with Gasteiger partial charge in [-0.15, -0.1) is 0 Å². The van der Waals surface area contributed by atoms with Gasteiger partial charge in [0.25, 0.3) is 0 Å². The minimum absolute atomic E-state index is 0.739. The Balaban J connectivity index is 1.42. The third-order valence-electron chi connectivity index (χ3n) is 5.13. The number of hydrogen-bond donors (Lipinski definition) is 1. The first kappa shape index (κ1) is 17.1. The highest BCUT2D eigenvalue weighted by atomic mass is 15.5. The smallest absolute Gasteiger partial charge is 0.114 e. The van der Waals surface area contributed by atoms with E-state index in [0.29, 0.717) is 0 Å². The first-order valence-electron chi connectivity index (χ1n) is 9.51. The zero-order valence-corrected chi connectivity index (χ0v) is 15.9. The van der Waals surface area contributed by atoms with Crippen LogP contribution >= 0.6 is 0 Å². The van der Waals surface area contributed by atoms with Crippen LogP contribution in [0.25, 0.3) is 16.8 Å². The molecule has 0 amide bonds. The van der Waals surface area contributed by atoms with Gasteiger partial charge in [0.05, 0.1) is 12.9 Å². The maximum atomic E-state index is 6.50. The molecule has 0 bridgehead atoms. The molecule has 0 atom stereocenters. The van der Waals surface area contributed by atoms with Crippen molar-refractivity contribution in [2.45, 2.75) is 19.5 Å². The van der Waals surface area contributed by atoms with E-state index in [1.165, 1.54) is 5.56 Å². The Morgan fingerprint density at radius 2 is 1.97 bits per heavy atom. The van der Waals surface area contributed by atoms with Gasteiger partial charge in [-0.25, -0.2) is 14.6 Å². The second-order valence-electron chi connectivity index (χ2n) is 7.01. The molecule has 2 aromatic heterocycles. The van der Waals surface area contributed by atoms with Crippen molar-refractivity contribution in [3.05, 3.63) is 84.6 Å². The van der Waals surface area contributed by atoms with Gasteiger partial charge in [-0.3, -0.25) is 5.01 Å². The van der Waals surface area contributed by atoms with E-state index in [0.717, 1.165) is 47.1 Å². The zero-order valence-electron chi connectivity index (χ0n) is 15.9. The highest BCUT2D eigenvalue weighted by molar-refractivity contribution is 5.99. The molecule has 0 radical (unpaired) electrons. The zero-order chi connectivity index (χ0) is 19.6. The lowest BCUT2D eigenvalue weighted by Crippen LogP contribution is -2.29. The van der Waals surface area contributed by atoms with Crippen molar-refractivity contribution in [2.75, 3.05) is 10.7 Å². The molecule has 6 heteroatoms. The molecule has 5 rings (SSSR count). The number of nitrogens with zero attached hydrogens (tertiary/aromatic N) is 5. The summed E-state index contributed by atoms with van der Waals surface area (Å²) in [6, 6.07) is 8.45. The summed E-state index contributed by atoms with van der Waals surface area (Å²) in [5.41, 5.74) is 10.6. The predicted octanol–water partition coefficient (Wildman–Crippen LogP) is 3.38. The second kappa shape index (κ2) is 7.21. The van der Waals surface area contributed by atoms with E-state index < -0.39 is 0 Å². The van der Waals surface area contributed by atoms with Crippen LogP contribution in [0.4, 0.5) is 5.69 Å². The molecule has 2 N–H and O–H groups in total. The largest absolute Gasteiger partial charge is 0.398 e. The van der Waals surface area contributed by atoms with Crippen LogP contribution in [0, 0.1) is 11.8 Å². The fourth-order valence-electron chi connectivity index (χ4n) is 3.64. The molecule has 0 aliphatic carbocycles. The molecule has 0 unspecified atom stereocenters. The molecule has 0 saturated heterocycles. The molecule has 142 valence electrons. The first-order chi connectivity index (χ1) is 14.3. The summed E-state index contributed by atoms with van der Waals surface area (Å²) in [6.07, 6.45) is 15.9. The molecule has 29 heavy (non-hydrogen) atoms. The van der Waals surface area contributed by atoms with E-state index >= 15 is 0 Å². The number of imidazole rings is 2. The Bertz CT molecular complexity index is 1240. The molecule has 3 heterocycles. The predicted molar refractivity (Wildman–Crippen MR) is 115 cm³/mol. The number of fused-ring (bicyclic) bond motifs is 2. The summed E-state index contributed by atoms with van der Waals surface area (Å²) in [5, 5.41) is 4.28. The van der Waals surface area contributed by atoms with Crippen molar-refractivity contribution in [3.63, 3.8) is 0 Å². The Labute approximate surface area is 168 Å². The normalized spacial score (nSPS) is 12.6. The maximum absolute atomic E-state index is 6.50. The lowest BCUT2D eigenvalue weighted by molar-refractivity contribution is 0.676. The van der Waals surface area contributed by atoms with Gasteiger partial charge in [0.1, 0.15) is 6.33 Å². The van der Waals surface area contributed by atoms with E-state index in [9.17, 15) is 0 Å². The number of nitrogen functional groups attached to an aromatic ring is 1. The molecule has 2 aromatic carbocycles. The molecule has 4 aromatic rings. The summed E-state index contributed by atoms with van der Waals surface area (Å²) in [6.45, 7) is 1.58. The second-order valence-corrected chi connectivity index (χ2v) is 7.01. The van der Waals surface area contributed by atoms with Gasteiger partial charge in [0.15, 0.2) is 0 Å². The quantitative estimate of drug-likeness (QED) is 0.437. The first-order valence-corrected chi connectivity index (χ1v) is 9.51. The average molecular weight is 380 g/mol. The van der Waals surface area contributed by atoms with E-state index in [-0.39, 0.29) is 0 Å². The van der Waals surface area contributed by atoms with Crippen LogP contribution in [0.15, 0.2) is 67.9 Å². The van der Waals surface area contributed by atoms with Gasteiger partial charge < -0.3 is 10.3 Å². The molecule has 0 fully saturated rings. The summed E-state index contributed by atoms with van der Waals surface area (Å²) < 4.78 is 3.99. The van der Waals surface area contributed by atoms with Crippen LogP contribution in [0.3, 0.4) is 0 Å². The van der Waals surface area contributed by atoms with Crippen molar-refractivity contribution in [1.29, 1.82) is 0 Å². The van der Waals surface area contributed by atoms with Crippen LogP contribution in [-0.4, -0.2) is 19.2 Å². The average Bonchev–Trinajstić information content (AvgIpc) is 3.45. The lowest BCUT2D eigenvalue weighted by Gasteiger charge is -2.27. The molecule has 1 aliphatic heterocycles. The van der Waals surface area contributed by atoms with Crippen LogP contribution in [0.1, 0.15) is 23.1 Å². The minimum Gasteiger partial charge on any atom is -0.398 e. The Kier molecular flexibility index (Phi) is 4.26. The fourth-order valence-corrected chi connectivity index (χ4v) is 3.64.